The van der Waals surface area contributed by atoms with Gasteiger partial charge in [-0.2, -0.15) is 0 Å². The number of furan rings is 1. The molecule has 0 aliphatic carbocycles. The zero-order valence-electron chi connectivity index (χ0n) is 19.3. The van der Waals surface area contributed by atoms with E-state index in [1.54, 1.807) is 44.2 Å². The summed E-state index contributed by atoms with van der Waals surface area (Å²) in [7, 11) is 0. The number of thiazole rings is 1. The van der Waals surface area contributed by atoms with E-state index in [9.17, 15) is 9.59 Å². The molecule has 6 nitrogen and oxygen atoms in total. The molecule has 36 heavy (non-hydrogen) atoms. The molecule has 9 heteroatoms. The van der Waals surface area contributed by atoms with Gasteiger partial charge in [0.25, 0.3) is 5.56 Å². The van der Waals surface area contributed by atoms with E-state index in [0.29, 0.717) is 37.1 Å². The van der Waals surface area contributed by atoms with Gasteiger partial charge in [-0.3, -0.25) is 9.36 Å². The minimum Gasteiger partial charge on any atom is -0.463 e. The summed E-state index contributed by atoms with van der Waals surface area (Å²) in [6.07, 6.45) is 1.70. The molecule has 0 saturated carbocycles. The Hall–Kier alpha value is -3.20. The number of ether oxygens (including phenoxy) is 1. The molecule has 4 aromatic rings. The van der Waals surface area contributed by atoms with Crippen LogP contribution in [-0.2, 0) is 9.53 Å². The minimum absolute atomic E-state index is 0.215. The fourth-order valence-electron chi connectivity index (χ4n) is 4.08. The molecule has 5 rings (SSSR count). The fraction of sp³-hybridized carbons (Fsp3) is 0.148. The van der Waals surface area contributed by atoms with Crippen LogP contribution in [0, 0.1) is 0 Å². The van der Waals surface area contributed by atoms with Gasteiger partial charge < -0.3 is 9.15 Å². The number of carbonyl (C=O) groups is 1. The van der Waals surface area contributed by atoms with Crippen LogP contribution in [0.5, 0.6) is 0 Å². The van der Waals surface area contributed by atoms with Crippen LogP contribution in [-0.4, -0.2) is 17.1 Å². The zero-order chi connectivity index (χ0) is 25.4. The van der Waals surface area contributed by atoms with Crippen molar-refractivity contribution in [2.45, 2.75) is 19.9 Å². The van der Waals surface area contributed by atoms with Crippen molar-refractivity contribution in [1.82, 2.24) is 4.57 Å². The molecule has 0 fully saturated rings. The second-order valence-electron chi connectivity index (χ2n) is 8.06. The van der Waals surface area contributed by atoms with Crippen LogP contribution in [0.15, 0.2) is 90.6 Å². The van der Waals surface area contributed by atoms with E-state index in [-0.39, 0.29) is 12.2 Å². The molecule has 2 aromatic carbocycles. The number of halogens is 2. The van der Waals surface area contributed by atoms with Crippen LogP contribution in [0.1, 0.15) is 31.2 Å². The molecule has 0 radical (unpaired) electrons. The predicted molar refractivity (Wildman–Crippen MR) is 144 cm³/mol. The van der Waals surface area contributed by atoms with Crippen LogP contribution >= 0.6 is 38.9 Å². The first-order valence-electron chi connectivity index (χ1n) is 11.2. The van der Waals surface area contributed by atoms with Gasteiger partial charge in [-0.05, 0) is 55.8 Å². The number of carbonyl (C=O) groups excluding carboxylic acids is 1. The molecular formula is C27H20BrClN2O4S. The van der Waals surface area contributed by atoms with Crippen molar-refractivity contribution in [3.8, 4) is 11.3 Å². The van der Waals surface area contributed by atoms with Gasteiger partial charge in [-0.1, -0.05) is 63.1 Å². The van der Waals surface area contributed by atoms with Crippen molar-refractivity contribution < 1.29 is 13.9 Å². The van der Waals surface area contributed by atoms with Gasteiger partial charge in [0, 0.05) is 21.1 Å². The highest BCUT2D eigenvalue weighted by atomic mass is 79.9. The van der Waals surface area contributed by atoms with Gasteiger partial charge in [0.1, 0.15) is 11.5 Å². The number of aromatic nitrogens is 1. The number of benzene rings is 2. The summed E-state index contributed by atoms with van der Waals surface area (Å²) >= 11 is 10.8. The summed E-state index contributed by atoms with van der Waals surface area (Å²) < 4.78 is 14.3. The Bertz CT molecular complexity index is 1660. The summed E-state index contributed by atoms with van der Waals surface area (Å²) in [5, 5.41) is 0.559. The average Bonchev–Trinajstić information content (AvgIpc) is 3.44. The van der Waals surface area contributed by atoms with Gasteiger partial charge in [-0.15, -0.1) is 0 Å². The Morgan fingerprint density at radius 1 is 1.17 bits per heavy atom. The smallest absolute Gasteiger partial charge is 0.338 e. The zero-order valence-corrected chi connectivity index (χ0v) is 22.5. The molecule has 0 saturated heterocycles. The molecule has 182 valence electrons. The van der Waals surface area contributed by atoms with E-state index in [1.165, 1.54) is 15.9 Å². The van der Waals surface area contributed by atoms with E-state index in [2.05, 4.69) is 20.9 Å². The lowest BCUT2D eigenvalue weighted by Gasteiger charge is -2.24. The maximum absolute atomic E-state index is 13.7. The van der Waals surface area contributed by atoms with Crippen LogP contribution in [0.2, 0.25) is 5.02 Å². The molecule has 3 heterocycles. The SMILES string of the molecule is CCOC(=O)C1=C(C)N=c2s/c(=C\c3ccc(-c4ccc(Br)cc4)o3)c(=O)n2[C@@H]1c1ccc(Cl)cc1. The molecule has 0 N–H and O–H groups in total. The van der Waals surface area contributed by atoms with Crippen LogP contribution < -0.4 is 14.9 Å². The van der Waals surface area contributed by atoms with Crippen LogP contribution in [0.25, 0.3) is 17.4 Å². The van der Waals surface area contributed by atoms with Gasteiger partial charge in [0.05, 0.1) is 28.5 Å². The highest BCUT2D eigenvalue weighted by Gasteiger charge is 2.33. The molecule has 2 aromatic heterocycles. The number of hydrogen-bond acceptors (Lipinski definition) is 6. The first-order chi connectivity index (χ1) is 17.4. The van der Waals surface area contributed by atoms with Gasteiger partial charge in [0.2, 0.25) is 0 Å². The molecule has 1 aliphatic heterocycles. The molecule has 0 bridgehead atoms. The van der Waals surface area contributed by atoms with E-state index in [0.717, 1.165) is 15.6 Å². The fourth-order valence-corrected chi connectivity index (χ4v) is 5.50. The second kappa shape index (κ2) is 10.0. The lowest BCUT2D eigenvalue weighted by atomic mass is 9.96. The van der Waals surface area contributed by atoms with Crippen molar-refractivity contribution in [3.63, 3.8) is 0 Å². The van der Waals surface area contributed by atoms with Crippen molar-refractivity contribution in [2.24, 2.45) is 4.99 Å². The normalized spacial score (nSPS) is 15.6. The van der Waals surface area contributed by atoms with Gasteiger partial charge in [-0.25, -0.2) is 9.79 Å². The van der Waals surface area contributed by atoms with Gasteiger partial charge >= 0.3 is 5.97 Å². The van der Waals surface area contributed by atoms with Crippen molar-refractivity contribution in [2.75, 3.05) is 6.61 Å². The highest BCUT2D eigenvalue weighted by molar-refractivity contribution is 9.10. The average molecular weight is 584 g/mol. The summed E-state index contributed by atoms with van der Waals surface area (Å²) in [6.45, 7) is 3.71. The van der Waals surface area contributed by atoms with E-state index in [1.807, 2.05) is 36.4 Å². The summed E-state index contributed by atoms with van der Waals surface area (Å²) in [4.78, 5) is 31.7. The largest absolute Gasteiger partial charge is 0.463 e. The van der Waals surface area contributed by atoms with Crippen molar-refractivity contribution in [3.05, 3.63) is 112 Å². The summed E-state index contributed by atoms with van der Waals surface area (Å²) in [5.74, 6) is 0.738. The minimum atomic E-state index is -0.686. The first-order valence-corrected chi connectivity index (χ1v) is 13.2. The standard InChI is InChI=1S/C27H20BrClN2O4S/c1-3-34-26(33)23-15(2)30-27-31(24(23)17-6-10-19(29)11-7-17)25(32)22(36-27)14-20-12-13-21(35-20)16-4-8-18(28)9-5-16/h4-14,24H,3H2,1-2H3/b22-14-/t24-/m1/s1. The van der Waals surface area contributed by atoms with Crippen molar-refractivity contribution >= 4 is 50.9 Å². The molecular weight excluding hydrogens is 564 g/mol. The number of hydrogen-bond donors (Lipinski definition) is 0. The lowest BCUT2D eigenvalue weighted by Crippen LogP contribution is -2.39. The molecule has 0 unspecified atom stereocenters. The predicted octanol–water partition coefficient (Wildman–Crippen LogP) is 5.47. The highest BCUT2D eigenvalue weighted by Crippen LogP contribution is 2.31. The quantitative estimate of drug-likeness (QED) is 0.292. The third kappa shape index (κ3) is 4.64. The van der Waals surface area contributed by atoms with Crippen LogP contribution in [0.3, 0.4) is 0 Å². The number of nitrogens with zero attached hydrogens (tertiary/aromatic N) is 2. The second-order valence-corrected chi connectivity index (χ2v) is 10.4. The maximum atomic E-state index is 13.7. The number of rotatable bonds is 5. The molecule has 0 spiro atoms. The van der Waals surface area contributed by atoms with E-state index >= 15 is 0 Å². The molecule has 0 amide bonds. The monoisotopic (exact) mass is 582 g/mol. The number of allylic oxidation sites excluding steroid dienone is 1. The lowest BCUT2D eigenvalue weighted by molar-refractivity contribution is -0.139. The molecule has 1 atom stereocenters. The third-order valence-electron chi connectivity index (χ3n) is 5.73. The van der Waals surface area contributed by atoms with Gasteiger partial charge in [0.15, 0.2) is 4.80 Å². The Kier molecular flexibility index (Phi) is 6.83. The maximum Gasteiger partial charge on any atom is 0.338 e. The van der Waals surface area contributed by atoms with Crippen LogP contribution in [0.4, 0.5) is 0 Å². The Morgan fingerprint density at radius 2 is 1.89 bits per heavy atom. The summed E-state index contributed by atoms with van der Waals surface area (Å²) in [6, 6.07) is 17.9. The van der Waals surface area contributed by atoms with Crippen molar-refractivity contribution in [1.29, 1.82) is 0 Å². The molecule has 1 aliphatic rings. The number of esters is 1. The Balaban J connectivity index is 1.63. The summed E-state index contributed by atoms with van der Waals surface area (Å²) in [5.41, 5.74) is 2.23. The third-order valence-corrected chi connectivity index (χ3v) is 7.50. The number of fused-ring (bicyclic) bond motifs is 1. The topological polar surface area (TPSA) is 73.8 Å². The Labute approximate surface area is 224 Å². The first kappa shape index (κ1) is 24.5. The Morgan fingerprint density at radius 3 is 2.58 bits per heavy atom. The van der Waals surface area contributed by atoms with E-state index < -0.39 is 12.0 Å². The van der Waals surface area contributed by atoms with E-state index in [4.69, 9.17) is 20.8 Å².